The Labute approximate surface area is 187 Å². The molecule has 9 heteroatoms. The van der Waals surface area contributed by atoms with E-state index in [2.05, 4.69) is 31.4 Å². The van der Waals surface area contributed by atoms with E-state index in [0.717, 1.165) is 20.6 Å². The van der Waals surface area contributed by atoms with E-state index in [1.807, 2.05) is 54.6 Å². The first-order valence-corrected chi connectivity index (χ1v) is 10.9. The van der Waals surface area contributed by atoms with Crippen LogP contribution in [0.1, 0.15) is 12.0 Å². The van der Waals surface area contributed by atoms with Crippen LogP contribution in [0.15, 0.2) is 59.1 Å². The Morgan fingerprint density at radius 3 is 2.53 bits per heavy atom. The van der Waals surface area contributed by atoms with E-state index in [1.165, 1.54) is 16.2 Å². The molecule has 0 aliphatic heterocycles. The number of rotatable bonds is 7. The highest BCUT2D eigenvalue weighted by Gasteiger charge is 2.18. The molecule has 0 radical (unpaired) electrons. The number of halogens is 1. The lowest BCUT2D eigenvalue weighted by Crippen LogP contribution is -2.40. The van der Waals surface area contributed by atoms with Crippen molar-refractivity contribution in [1.29, 1.82) is 0 Å². The zero-order valence-electron chi connectivity index (χ0n) is 16.7. The molecule has 0 atom stereocenters. The van der Waals surface area contributed by atoms with Crippen molar-refractivity contribution in [2.45, 2.75) is 13.0 Å². The molecule has 2 aromatic carbocycles. The number of carbonyl (C=O) groups is 2. The van der Waals surface area contributed by atoms with Gasteiger partial charge in [-0.3, -0.25) is 4.79 Å². The van der Waals surface area contributed by atoms with Crippen LogP contribution >= 0.6 is 27.3 Å². The van der Waals surface area contributed by atoms with Gasteiger partial charge in [0.15, 0.2) is 0 Å². The maximum absolute atomic E-state index is 12.5. The maximum Gasteiger partial charge on any atom is 0.319 e. The minimum Gasteiger partial charge on any atom is -0.331 e. The summed E-state index contributed by atoms with van der Waals surface area (Å²) in [7, 11) is 3.40. The normalized spacial score (nSPS) is 10.5. The summed E-state index contributed by atoms with van der Waals surface area (Å²) in [5.74, 6) is -0.212. The van der Waals surface area contributed by atoms with E-state index < -0.39 is 0 Å². The number of amides is 3. The van der Waals surface area contributed by atoms with Crippen molar-refractivity contribution in [2.24, 2.45) is 0 Å². The van der Waals surface area contributed by atoms with Crippen LogP contribution in [-0.4, -0.2) is 52.6 Å². The molecule has 0 aliphatic rings. The number of nitrogens with zero attached hydrogens (tertiary/aromatic N) is 4. The lowest BCUT2D eigenvalue weighted by Gasteiger charge is -2.26. The number of hydrogen-bond donors (Lipinski definition) is 1. The molecular formula is C21H22BrN5O2S. The van der Waals surface area contributed by atoms with E-state index in [4.69, 9.17) is 0 Å². The molecule has 0 saturated carbocycles. The second kappa shape index (κ2) is 10.3. The summed E-state index contributed by atoms with van der Waals surface area (Å²) in [5, 5.41) is 12.1. The number of urea groups is 1. The molecule has 3 amide bonds. The molecule has 0 bridgehead atoms. The zero-order valence-corrected chi connectivity index (χ0v) is 19.1. The average Bonchev–Trinajstić information content (AvgIpc) is 3.19. The fraction of sp³-hybridized carbons (Fsp3) is 0.238. The number of hydrogen-bond acceptors (Lipinski definition) is 5. The third-order valence-corrected chi connectivity index (χ3v) is 5.60. The summed E-state index contributed by atoms with van der Waals surface area (Å²) >= 11 is 4.74. The first-order valence-electron chi connectivity index (χ1n) is 9.32. The van der Waals surface area contributed by atoms with Crippen molar-refractivity contribution in [3.05, 3.63) is 64.6 Å². The molecule has 1 aromatic heterocycles. The number of carbonyl (C=O) groups excluding carboxylic acids is 2. The molecule has 3 rings (SSSR count). The van der Waals surface area contributed by atoms with Crippen LogP contribution in [0.25, 0.3) is 10.6 Å². The molecule has 0 saturated heterocycles. The Bertz CT molecular complexity index is 1010. The number of nitrogens with one attached hydrogen (secondary N) is 1. The second-order valence-corrected chi connectivity index (χ2v) is 8.70. The van der Waals surface area contributed by atoms with Crippen LogP contribution in [0, 0.1) is 0 Å². The summed E-state index contributed by atoms with van der Waals surface area (Å²) in [6.07, 6.45) is 0.165. The second-order valence-electron chi connectivity index (χ2n) is 6.81. The maximum atomic E-state index is 12.5. The third kappa shape index (κ3) is 6.11. The van der Waals surface area contributed by atoms with Crippen LogP contribution in [0.5, 0.6) is 0 Å². The quantitative estimate of drug-likeness (QED) is 0.532. The van der Waals surface area contributed by atoms with E-state index in [-0.39, 0.29) is 18.4 Å². The van der Waals surface area contributed by atoms with Gasteiger partial charge in [0.2, 0.25) is 11.0 Å². The predicted octanol–water partition coefficient (Wildman–Crippen LogP) is 4.48. The summed E-state index contributed by atoms with van der Waals surface area (Å²) in [4.78, 5) is 28.1. The van der Waals surface area contributed by atoms with Gasteiger partial charge in [0.05, 0.1) is 0 Å². The minimum absolute atomic E-state index is 0.139. The van der Waals surface area contributed by atoms with Crippen molar-refractivity contribution in [1.82, 2.24) is 20.0 Å². The van der Waals surface area contributed by atoms with Gasteiger partial charge in [0.1, 0.15) is 5.01 Å². The van der Waals surface area contributed by atoms with Crippen molar-refractivity contribution in [3.63, 3.8) is 0 Å². The van der Waals surface area contributed by atoms with Crippen molar-refractivity contribution in [3.8, 4) is 10.6 Å². The Morgan fingerprint density at radius 2 is 1.83 bits per heavy atom. The largest absolute Gasteiger partial charge is 0.331 e. The van der Waals surface area contributed by atoms with Crippen molar-refractivity contribution >= 4 is 44.3 Å². The Balaban J connectivity index is 1.59. The van der Waals surface area contributed by atoms with E-state index in [1.54, 1.807) is 19.0 Å². The Hall–Kier alpha value is -2.78. The first kappa shape index (κ1) is 21.9. The van der Waals surface area contributed by atoms with E-state index in [0.29, 0.717) is 18.2 Å². The van der Waals surface area contributed by atoms with Crippen molar-refractivity contribution in [2.75, 3.05) is 26.0 Å². The predicted molar refractivity (Wildman–Crippen MR) is 122 cm³/mol. The standard InChI is InChI=1S/C21H22BrN5O2S/c1-26(2)21(29)27(14-15-7-4-3-5-8-15)12-11-18(28)23-20-25-24-19(30-20)16-9-6-10-17(22)13-16/h3-10,13H,11-12,14H2,1-2H3,(H,23,25,28). The van der Waals surface area contributed by atoms with Crippen LogP contribution in [0.3, 0.4) is 0 Å². The zero-order chi connectivity index (χ0) is 21.5. The van der Waals surface area contributed by atoms with Gasteiger partial charge in [0, 0.05) is 43.6 Å². The Kier molecular flexibility index (Phi) is 7.53. The summed E-state index contributed by atoms with van der Waals surface area (Å²) in [6.45, 7) is 0.742. The fourth-order valence-electron chi connectivity index (χ4n) is 2.76. The lowest BCUT2D eigenvalue weighted by atomic mass is 10.2. The highest BCUT2D eigenvalue weighted by molar-refractivity contribution is 9.10. The van der Waals surface area contributed by atoms with Gasteiger partial charge in [-0.25, -0.2) is 4.79 Å². The molecule has 0 spiro atoms. The molecule has 7 nitrogen and oxygen atoms in total. The summed E-state index contributed by atoms with van der Waals surface area (Å²) in [6, 6.07) is 17.3. The SMILES string of the molecule is CN(C)C(=O)N(CCC(=O)Nc1nnc(-c2cccc(Br)c2)s1)Cc1ccccc1. The van der Waals surface area contributed by atoms with Crippen LogP contribution in [-0.2, 0) is 11.3 Å². The summed E-state index contributed by atoms with van der Waals surface area (Å²) < 4.78 is 0.949. The van der Waals surface area contributed by atoms with Gasteiger partial charge in [-0.05, 0) is 17.7 Å². The number of aromatic nitrogens is 2. The van der Waals surface area contributed by atoms with Gasteiger partial charge in [-0.15, -0.1) is 10.2 Å². The summed E-state index contributed by atoms with van der Waals surface area (Å²) in [5.41, 5.74) is 1.93. The van der Waals surface area contributed by atoms with E-state index in [9.17, 15) is 9.59 Å². The number of benzene rings is 2. The smallest absolute Gasteiger partial charge is 0.319 e. The highest BCUT2D eigenvalue weighted by atomic mass is 79.9. The molecular weight excluding hydrogens is 466 g/mol. The molecule has 0 aliphatic carbocycles. The molecule has 30 heavy (non-hydrogen) atoms. The minimum atomic E-state index is -0.212. The molecule has 1 heterocycles. The van der Waals surface area contributed by atoms with E-state index >= 15 is 0 Å². The molecule has 156 valence electrons. The molecule has 3 aromatic rings. The topological polar surface area (TPSA) is 78.4 Å². The average molecular weight is 488 g/mol. The molecule has 0 fully saturated rings. The van der Waals surface area contributed by atoms with Crippen LogP contribution < -0.4 is 5.32 Å². The van der Waals surface area contributed by atoms with Crippen molar-refractivity contribution < 1.29 is 9.59 Å². The Morgan fingerprint density at radius 1 is 1.07 bits per heavy atom. The monoisotopic (exact) mass is 487 g/mol. The molecule has 0 unspecified atom stereocenters. The van der Waals surface area contributed by atoms with Crippen LogP contribution in [0.2, 0.25) is 0 Å². The van der Waals surface area contributed by atoms with Gasteiger partial charge >= 0.3 is 6.03 Å². The van der Waals surface area contributed by atoms with Crippen LogP contribution in [0.4, 0.5) is 9.93 Å². The van der Waals surface area contributed by atoms with Gasteiger partial charge in [-0.1, -0.05) is 69.7 Å². The molecule has 1 N–H and O–H groups in total. The van der Waals surface area contributed by atoms with Gasteiger partial charge in [0.25, 0.3) is 0 Å². The lowest BCUT2D eigenvalue weighted by molar-refractivity contribution is -0.116. The highest BCUT2D eigenvalue weighted by Crippen LogP contribution is 2.28. The van der Waals surface area contributed by atoms with Gasteiger partial charge < -0.3 is 15.1 Å². The van der Waals surface area contributed by atoms with Gasteiger partial charge in [-0.2, -0.15) is 0 Å². The number of anilines is 1. The fourth-order valence-corrected chi connectivity index (χ4v) is 3.91. The third-order valence-electron chi connectivity index (χ3n) is 4.22. The first-order chi connectivity index (χ1) is 14.4.